The SMILES string of the molecule is Cc1nc(C(=O)NCc2nccc3ccccc23)c(N)nc1-c1ncco1. The molecule has 0 aliphatic rings. The number of amides is 1. The third-order valence-electron chi connectivity index (χ3n) is 4.12. The van der Waals surface area contributed by atoms with E-state index in [2.05, 4.69) is 25.3 Å². The number of nitrogens with two attached hydrogens (primary N) is 1. The van der Waals surface area contributed by atoms with Crippen LogP contribution in [0.5, 0.6) is 0 Å². The van der Waals surface area contributed by atoms with Crippen LogP contribution in [-0.2, 0) is 6.54 Å². The minimum absolute atomic E-state index is 0.0113. The van der Waals surface area contributed by atoms with Gasteiger partial charge in [-0.25, -0.2) is 15.0 Å². The quantitative estimate of drug-likeness (QED) is 0.573. The molecule has 27 heavy (non-hydrogen) atoms. The van der Waals surface area contributed by atoms with E-state index in [1.165, 1.54) is 12.5 Å². The summed E-state index contributed by atoms with van der Waals surface area (Å²) in [5.74, 6) is -0.104. The number of carbonyl (C=O) groups is 1. The molecule has 0 unspecified atom stereocenters. The molecule has 8 nitrogen and oxygen atoms in total. The van der Waals surface area contributed by atoms with Crippen molar-refractivity contribution in [3.8, 4) is 11.6 Å². The second-order valence-electron chi connectivity index (χ2n) is 5.89. The van der Waals surface area contributed by atoms with E-state index in [4.69, 9.17) is 10.2 Å². The zero-order valence-corrected chi connectivity index (χ0v) is 14.5. The number of nitrogen functional groups attached to an aromatic ring is 1. The van der Waals surface area contributed by atoms with Gasteiger partial charge in [0.1, 0.15) is 12.0 Å². The number of aryl methyl sites for hydroxylation is 1. The molecule has 0 bridgehead atoms. The summed E-state index contributed by atoms with van der Waals surface area (Å²) in [7, 11) is 0. The average Bonchev–Trinajstić information content (AvgIpc) is 3.22. The fourth-order valence-electron chi connectivity index (χ4n) is 2.81. The van der Waals surface area contributed by atoms with Gasteiger partial charge in [0.15, 0.2) is 11.5 Å². The number of hydrogen-bond donors (Lipinski definition) is 2. The van der Waals surface area contributed by atoms with Gasteiger partial charge in [-0.05, 0) is 18.4 Å². The van der Waals surface area contributed by atoms with Crippen molar-refractivity contribution in [2.24, 2.45) is 0 Å². The van der Waals surface area contributed by atoms with Gasteiger partial charge in [-0.3, -0.25) is 9.78 Å². The zero-order valence-electron chi connectivity index (χ0n) is 14.5. The van der Waals surface area contributed by atoms with E-state index in [0.717, 1.165) is 16.5 Å². The van der Waals surface area contributed by atoms with E-state index < -0.39 is 5.91 Å². The number of nitrogens with one attached hydrogen (secondary N) is 1. The maximum Gasteiger partial charge on any atom is 0.274 e. The van der Waals surface area contributed by atoms with E-state index in [-0.39, 0.29) is 18.1 Å². The number of hydrogen-bond acceptors (Lipinski definition) is 7. The van der Waals surface area contributed by atoms with Crippen molar-refractivity contribution >= 4 is 22.5 Å². The standard InChI is InChI=1S/C19H16N6O2/c1-11-15(19-22-8-9-27-19)25-17(20)16(24-11)18(26)23-10-14-13-5-3-2-4-12(13)6-7-21-14/h2-9H,10H2,1H3,(H2,20,25)(H,23,26). The van der Waals surface area contributed by atoms with Crippen molar-refractivity contribution < 1.29 is 9.21 Å². The summed E-state index contributed by atoms with van der Waals surface area (Å²) < 4.78 is 5.22. The summed E-state index contributed by atoms with van der Waals surface area (Å²) in [5.41, 5.74) is 7.67. The predicted molar refractivity (Wildman–Crippen MR) is 99.6 cm³/mol. The third kappa shape index (κ3) is 3.20. The van der Waals surface area contributed by atoms with Crippen LogP contribution in [0, 0.1) is 6.92 Å². The van der Waals surface area contributed by atoms with Gasteiger partial charge in [0, 0.05) is 11.6 Å². The first-order valence-corrected chi connectivity index (χ1v) is 8.28. The number of oxazole rings is 1. The maximum absolute atomic E-state index is 12.6. The van der Waals surface area contributed by atoms with Crippen molar-refractivity contribution in [1.29, 1.82) is 0 Å². The highest BCUT2D eigenvalue weighted by molar-refractivity contribution is 5.97. The molecule has 0 aliphatic heterocycles. The number of anilines is 1. The Bertz CT molecular complexity index is 1120. The second kappa shape index (κ2) is 6.83. The van der Waals surface area contributed by atoms with Crippen LogP contribution in [0.2, 0.25) is 0 Å². The topological polar surface area (TPSA) is 120 Å². The van der Waals surface area contributed by atoms with Gasteiger partial charge in [-0.2, -0.15) is 0 Å². The molecule has 4 rings (SSSR count). The molecule has 0 fully saturated rings. The van der Waals surface area contributed by atoms with Gasteiger partial charge >= 0.3 is 0 Å². The Balaban J connectivity index is 1.57. The van der Waals surface area contributed by atoms with Gasteiger partial charge in [0.05, 0.1) is 24.1 Å². The molecule has 1 aromatic carbocycles. The summed E-state index contributed by atoms with van der Waals surface area (Å²) in [6.07, 6.45) is 4.65. The molecule has 0 radical (unpaired) electrons. The smallest absolute Gasteiger partial charge is 0.274 e. The Morgan fingerprint density at radius 2 is 2.00 bits per heavy atom. The van der Waals surface area contributed by atoms with Gasteiger partial charge < -0.3 is 15.5 Å². The minimum Gasteiger partial charge on any atom is -0.443 e. The van der Waals surface area contributed by atoms with Crippen LogP contribution >= 0.6 is 0 Å². The lowest BCUT2D eigenvalue weighted by molar-refractivity contribution is 0.0946. The summed E-state index contributed by atoms with van der Waals surface area (Å²) in [6.45, 7) is 1.97. The molecule has 134 valence electrons. The highest BCUT2D eigenvalue weighted by Gasteiger charge is 2.19. The van der Waals surface area contributed by atoms with Gasteiger partial charge in [0.25, 0.3) is 5.91 Å². The number of fused-ring (bicyclic) bond motifs is 1. The van der Waals surface area contributed by atoms with E-state index in [1.807, 2.05) is 30.3 Å². The lowest BCUT2D eigenvalue weighted by Gasteiger charge is -2.10. The average molecular weight is 360 g/mol. The molecule has 3 heterocycles. The van der Waals surface area contributed by atoms with Gasteiger partial charge in [-0.1, -0.05) is 24.3 Å². The molecule has 0 spiro atoms. The summed E-state index contributed by atoms with van der Waals surface area (Å²) in [6, 6.07) is 9.78. The largest absolute Gasteiger partial charge is 0.443 e. The lowest BCUT2D eigenvalue weighted by atomic mass is 10.1. The van der Waals surface area contributed by atoms with Crippen LogP contribution < -0.4 is 11.1 Å². The highest BCUT2D eigenvalue weighted by atomic mass is 16.3. The minimum atomic E-state index is -0.420. The zero-order chi connectivity index (χ0) is 18.8. The summed E-state index contributed by atoms with van der Waals surface area (Å²) in [5, 5.41) is 4.85. The molecule has 3 aromatic heterocycles. The molecule has 4 aromatic rings. The molecule has 3 N–H and O–H groups in total. The first-order valence-electron chi connectivity index (χ1n) is 8.28. The Morgan fingerprint density at radius 3 is 2.81 bits per heavy atom. The number of pyridine rings is 1. The van der Waals surface area contributed by atoms with E-state index >= 15 is 0 Å². The molecule has 0 saturated carbocycles. The molecule has 0 aliphatic carbocycles. The lowest BCUT2D eigenvalue weighted by Crippen LogP contribution is -2.26. The molecular weight excluding hydrogens is 344 g/mol. The Labute approximate surface area is 154 Å². The number of carbonyl (C=O) groups excluding carboxylic acids is 1. The van der Waals surface area contributed by atoms with Crippen molar-refractivity contribution in [2.45, 2.75) is 13.5 Å². The van der Waals surface area contributed by atoms with E-state index in [1.54, 1.807) is 13.1 Å². The Kier molecular flexibility index (Phi) is 4.21. The fraction of sp³-hybridized carbons (Fsp3) is 0.105. The summed E-state index contributed by atoms with van der Waals surface area (Å²) >= 11 is 0. The Hall–Kier alpha value is -3.81. The van der Waals surface area contributed by atoms with Gasteiger partial charge in [0.2, 0.25) is 5.89 Å². The van der Waals surface area contributed by atoms with Crippen molar-refractivity contribution in [2.75, 3.05) is 5.73 Å². The van der Waals surface area contributed by atoms with Crippen molar-refractivity contribution in [3.05, 3.63) is 66.1 Å². The van der Waals surface area contributed by atoms with Crippen LogP contribution in [0.3, 0.4) is 0 Å². The van der Waals surface area contributed by atoms with Crippen LogP contribution in [0.4, 0.5) is 5.82 Å². The fourth-order valence-corrected chi connectivity index (χ4v) is 2.81. The number of aromatic nitrogens is 4. The second-order valence-corrected chi connectivity index (χ2v) is 5.89. The molecule has 0 atom stereocenters. The summed E-state index contributed by atoms with van der Waals surface area (Å²) in [4.78, 5) is 29.5. The van der Waals surface area contributed by atoms with Crippen LogP contribution in [-0.4, -0.2) is 25.8 Å². The number of nitrogens with zero attached hydrogens (tertiary/aromatic N) is 4. The Morgan fingerprint density at radius 1 is 1.15 bits per heavy atom. The predicted octanol–water partition coefficient (Wildman–Crippen LogP) is 2.50. The number of rotatable bonds is 4. The maximum atomic E-state index is 12.6. The van der Waals surface area contributed by atoms with Crippen LogP contribution in [0.1, 0.15) is 21.9 Å². The van der Waals surface area contributed by atoms with Crippen LogP contribution in [0.15, 0.2) is 53.4 Å². The van der Waals surface area contributed by atoms with E-state index in [0.29, 0.717) is 17.3 Å². The van der Waals surface area contributed by atoms with E-state index in [9.17, 15) is 4.79 Å². The first-order chi connectivity index (χ1) is 13.1. The number of benzene rings is 1. The van der Waals surface area contributed by atoms with Gasteiger partial charge in [-0.15, -0.1) is 0 Å². The van der Waals surface area contributed by atoms with Crippen LogP contribution in [0.25, 0.3) is 22.4 Å². The normalized spacial score (nSPS) is 10.9. The molecule has 0 saturated heterocycles. The van der Waals surface area contributed by atoms with Crippen molar-refractivity contribution in [3.63, 3.8) is 0 Å². The molecular formula is C19H16N6O2. The molecule has 1 amide bonds. The third-order valence-corrected chi connectivity index (χ3v) is 4.12. The molecule has 8 heteroatoms. The van der Waals surface area contributed by atoms with Crippen molar-refractivity contribution in [1.82, 2.24) is 25.3 Å². The first kappa shape index (κ1) is 16.6. The highest BCUT2D eigenvalue weighted by Crippen LogP contribution is 2.21. The monoisotopic (exact) mass is 360 g/mol.